The highest BCUT2D eigenvalue weighted by Gasteiger charge is 2.39. The molecule has 1 aromatic carbocycles. The summed E-state index contributed by atoms with van der Waals surface area (Å²) in [6, 6.07) is 3.62. The van der Waals surface area contributed by atoms with Gasteiger partial charge in [-0.2, -0.15) is 22.0 Å². The Hall–Kier alpha value is -1.63. The van der Waals surface area contributed by atoms with Crippen molar-refractivity contribution in [2.45, 2.75) is 32.0 Å². The molecule has 7 heteroatoms. The summed E-state index contributed by atoms with van der Waals surface area (Å²) >= 11 is 0. The number of rotatable bonds is 4. The Balaban J connectivity index is 1.97. The summed E-state index contributed by atoms with van der Waals surface area (Å²) in [5.41, 5.74) is 0.940. The summed E-state index contributed by atoms with van der Waals surface area (Å²) < 4.78 is 65.8. The SMILES string of the molecule is FC(Oc1ccc(CN2CCCCC2)cc1)=C(F)C(F)(F)F. The second-order valence-electron chi connectivity index (χ2n) is 5.17. The molecule has 0 atom stereocenters. The fraction of sp³-hybridized carbons (Fsp3) is 0.467. The predicted molar refractivity (Wildman–Crippen MR) is 71.5 cm³/mol. The van der Waals surface area contributed by atoms with Crippen LogP contribution < -0.4 is 4.74 Å². The van der Waals surface area contributed by atoms with Crippen molar-refractivity contribution in [1.82, 2.24) is 4.90 Å². The highest BCUT2D eigenvalue weighted by Crippen LogP contribution is 2.31. The topological polar surface area (TPSA) is 12.5 Å². The van der Waals surface area contributed by atoms with E-state index in [2.05, 4.69) is 9.64 Å². The number of benzene rings is 1. The van der Waals surface area contributed by atoms with Crippen LogP contribution in [0.25, 0.3) is 0 Å². The van der Waals surface area contributed by atoms with Gasteiger partial charge in [-0.1, -0.05) is 18.6 Å². The van der Waals surface area contributed by atoms with Crippen LogP contribution in [0.3, 0.4) is 0 Å². The monoisotopic (exact) mass is 321 g/mol. The molecule has 0 N–H and O–H groups in total. The van der Waals surface area contributed by atoms with Gasteiger partial charge in [0.1, 0.15) is 5.75 Å². The molecule has 1 aliphatic rings. The van der Waals surface area contributed by atoms with Gasteiger partial charge in [0.05, 0.1) is 0 Å². The number of alkyl halides is 3. The minimum Gasteiger partial charge on any atom is -0.430 e. The minimum atomic E-state index is -5.39. The maximum Gasteiger partial charge on any atom is 0.449 e. The van der Waals surface area contributed by atoms with Gasteiger partial charge in [0.15, 0.2) is 0 Å². The van der Waals surface area contributed by atoms with Crippen molar-refractivity contribution in [2.75, 3.05) is 13.1 Å². The lowest BCUT2D eigenvalue weighted by Crippen LogP contribution is -2.28. The molecule has 122 valence electrons. The van der Waals surface area contributed by atoms with Crippen molar-refractivity contribution in [2.24, 2.45) is 0 Å². The maximum absolute atomic E-state index is 13.0. The molecule has 1 aromatic rings. The van der Waals surface area contributed by atoms with Crippen LogP contribution in [0.2, 0.25) is 0 Å². The molecule has 2 nitrogen and oxygen atoms in total. The molecule has 1 saturated heterocycles. The summed E-state index contributed by atoms with van der Waals surface area (Å²) in [6.45, 7) is 2.73. The number of ether oxygens (including phenoxy) is 1. The van der Waals surface area contributed by atoms with Crippen molar-refractivity contribution in [3.63, 3.8) is 0 Å². The summed E-state index contributed by atoms with van der Waals surface area (Å²) in [7, 11) is 0. The van der Waals surface area contributed by atoms with Crippen LogP contribution >= 0.6 is 0 Å². The number of nitrogens with zero attached hydrogens (tertiary/aromatic N) is 1. The lowest BCUT2D eigenvalue weighted by molar-refractivity contribution is -0.114. The third-order valence-corrected chi connectivity index (χ3v) is 3.41. The number of halogens is 5. The van der Waals surface area contributed by atoms with Gasteiger partial charge in [0.2, 0.25) is 0 Å². The summed E-state index contributed by atoms with van der Waals surface area (Å²) in [4.78, 5) is 2.27. The predicted octanol–water partition coefficient (Wildman–Crippen LogP) is 4.72. The van der Waals surface area contributed by atoms with Gasteiger partial charge in [0, 0.05) is 6.54 Å². The van der Waals surface area contributed by atoms with E-state index < -0.39 is 18.0 Å². The maximum atomic E-state index is 13.0. The fourth-order valence-electron chi connectivity index (χ4n) is 2.30. The third-order valence-electron chi connectivity index (χ3n) is 3.41. The van der Waals surface area contributed by atoms with Gasteiger partial charge in [0.25, 0.3) is 5.83 Å². The fourth-order valence-corrected chi connectivity index (χ4v) is 2.30. The number of likely N-dealkylation sites (tertiary alicyclic amines) is 1. The van der Waals surface area contributed by atoms with E-state index in [1.165, 1.54) is 18.6 Å². The normalized spacial score (nSPS) is 18.0. The summed E-state index contributed by atoms with van der Waals surface area (Å²) in [5.74, 6) is -3.05. The molecule has 2 rings (SSSR count). The molecule has 0 saturated carbocycles. The van der Waals surface area contributed by atoms with E-state index in [4.69, 9.17) is 0 Å². The minimum absolute atomic E-state index is 0.181. The highest BCUT2D eigenvalue weighted by atomic mass is 19.4. The Morgan fingerprint density at radius 3 is 2.14 bits per heavy atom. The van der Waals surface area contributed by atoms with Crippen molar-refractivity contribution >= 4 is 0 Å². The van der Waals surface area contributed by atoms with E-state index >= 15 is 0 Å². The van der Waals surface area contributed by atoms with E-state index in [1.807, 2.05) is 0 Å². The zero-order valence-electron chi connectivity index (χ0n) is 11.8. The van der Waals surface area contributed by atoms with Crippen LogP contribution in [0.4, 0.5) is 22.0 Å². The van der Waals surface area contributed by atoms with Crippen LogP contribution in [0.5, 0.6) is 5.75 Å². The molecule has 22 heavy (non-hydrogen) atoms. The smallest absolute Gasteiger partial charge is 0.430 e. The van der Waals surface area contributed by atoms with Crippen LogP contribution in [-0.2, 0) is 6.54 Å². The van der Waals surface area contributed by atoms with Crippen molar-refractivity contribution in [3.8, 4) is 5.75 Å². The molecular weight excluding hydrogens is 305 g/mol. The van der Waals surface area contributed by atoms with Crippen molar-refractivity contribution < 1.29 is 26.7 Å². The second-order valence-corrected chi connectivity index (χ2v) is 5.17. The van der Waals surface area contributed by atoms with Crippen LogP contribution in [-0.4, -0.2) is 24.2 Å². The van der Waals surface area contributed by atoms with Gasteiger partial charge in [-0.25, -0.2) is 0 Å². The number of hydrogen-bond acceptors (Lipinski definition) is 2. The first-order valence-corrected chi connectivity index (χ1v) is 6.98. The molecule has 1 aliphatic heterocycles. The van der Waals surface area contributed by atoms with Crippen molar-refractivity contribution in [1.29, 1.82) is 0 Å². The molecule has 0 unspecified atom stereocenters. The average molecular weight is 321 g/mol. The van der Waals surface area contributed by atoms with Gasteiger partial charge in [-0.15, -0.1) is 0 Å². The van der Waals surface area contributed by atoms with E-state index in [-0.39, 0.29) is 5.75 Å². The lowest BCUT2D eigenvalue weighted by Gasteiger charge is -2.26. The van der Waals surface area contributed by atoms with Crippen LogP contribution in [0.15, 0.2) is 36.1 Å². The first kappa shape index (κ1) is 16.7. The van der Waals surface area contributed by atoms with Gasteiger partial charge < -0.3 is 4.74 Å². The zero-order valence-corrected chi connectivity index (χ0v) is 11.8. The van der Waals surface area contributed by atoms with Gasteiger partial charge in [-0.3, -0.25) is 4.90 Å². The summed E-state index contributed by atoms with van der Waals surface area (Å²) in [5, 5.41) is 0. The van der Waals surface area contributed by atoms with Gasteiger partial charge >= 0.3 is 12.2 Å². The molecule has 0 amide bonds. The second kappa shape index (κ2) is 7.09. The number of allylic oxidation sites excluding steroid dienone is 1. The Labute approximate surface area is 125 Å². The molecule has 0 aliphatic carbocycles. The zero-order chi connectivity index (χ0) is 16.2. The molecule has 1 fully saturated rings. The Kier molecular flexibility index (Phi) is 5.39. The molecule has 0 aromatic heterocycles. The van der Waals surface area contributed by atoms with E-state index in [1.54, 1.807) is 12.1 Å². The van der Waals surface area contributed by atoms with Crippen LogP contribution in [0.1, 0.15) is 24.8 Å². The van der Waals surface area contributed by atoms with Crippen LogP contribution in [0, 0.1) is 0 Å². The molecular formula is C15H16F5NO. The number of piperidine rings is 1. The largest absolute Gasteiger partial charge is 0.449 e. The quantitative estimate of drug-likeness (QED) is 0.587. The van der Waals surface area contributed by atoms with E-state index in [0.717, 1.165) is 38.0 Å². The first-order chi connectivity index (χ1) is 10.4. The van der Waals surface area contributed by atoms with Crippen molar-refractivity contribution in [3.05, 3.63) is 41.7 Å². The first-order valence-electron chi connectivity index (χ1n) is 6.98. The Morgan fingerprint density at radius 1 is 1.00 bits per heavy atom. The molecule has 0 spiro atoms. The Bertz CT molecular complexity index is 518. The Morgan fingerprint density at radius 2 is 1.59 bits per heavy atom. The average Bonchev–Trinajstić information content (AvgIpc) is 2.48. The lowest BCUT2D eigenvalue weighted by atomic mass is 10.1. The standard InChI is InChI=1S/C15H16F5NO/c16-13(15(18,19)20)14(17)22-12-6-4-11(5-7-12)10-21-8-2-1-3-9-21/h4-7H,1-3,8-10H2. The third kappa shape index (κ3) is 4.69. The van der Waals surface area contributed by atoms with E-state index in [0.29, 0.717) is 0 Å². The molecule has 0 bridgehead atoms. The highest BCUT2D eigenvalue weighted by molar-refractivity contribution is 5.28. The van der Waals surface area contributed by atoms with Gasteiger partial charge in [-0.05, 0) is 43.6 Å². The van der Waals surface area contributed by atoms with E-state index in [9.17, 15) is 22.0 Å². The number of hydrogen-bond donors (Lipinski definition) is 0. The molecule has 1 heterocycles. The molecule has 0 radical (unpaired) electrons. The summed E-state index contributed by atoms with van der Waals surface area (Å²) in [6.07, 6.45) is -1.88.